The Hall–Kier alpha value is -3.93. The Morgan fingerprint density at radius 1 is 1.00 bits per heavy atom. The van der Waals surface area contributed by atoms with E-state index in [-0.39, 0.29) is 24.3 Å². The largest absolute Gasteiger partial charge is 0.454 e. The van der Waals surface area contributed by atoms with Crippen LogP contribution in [0.1, 0.15) is 46.8 Å². The number of aromatic amines is 1. The molecule has 1 unspecified atom stereocenters. The second-order valence-electron chi connectivity index (χ2n) is 10.2. The minimum absolute atomic E-state index is 0.00162. The molecule has 0 saturated heterocycles. The van der Waals surface area contributed by atoms with Crippen molar-refractivity contribution in [3.8, 4) is 11.5 Å². The number of ether oxygens (including phenoxy) is 2. The standard InChI is InChI=1S/C29H27N3O3/c1-17-11-18(2)13-20(12-17)30-28(33)32-15-29(9-10-29)25-21-5-3-4-6-22(21)31-26(25)27(32)19-7-8-23-24(14-19)35-16-34-23/h3-8,11-14,27,31H,9-10,15-16H2,1-2H3,(H,30,33). The van der Waals surface area contributed by atoms with Gasteiger partial charge in [-0.2, -0.15) is 0 Å². The van der Waals surface area contributed by atoms with Crippen LogP contribution in [-0.2, 0) is 5.41 Å². The summed E-state index contributed by atoms with van der Waals surface area (Å²) in [5, 5.41) is 4.46. The van der Waals surface area contributed by atoms with Gasteiger partial charge in [0.25, 0.3) is 0 Å². The minimum atomic E-state index is -0.260. The number of carbonyl (C=O) groups excluding carboxylic acids is 1. The van der Waals surface area contributed by atoms with Crippen LogP contribution in [0, 0.1) is 13.8 Å². The third kappa shape index (κ3) is 3.20. The summed E-state index contributed by atoms with van der Waals surface area (Å²) in [7, 11) is 0. The van der Waals surface area contributed by atoms with Crippen LogP contribution in [0.2, 0.25) is 0 Å². The summed E-state index contributed by atoms with van der Waals surface area (Å²) in [6.45, 7) is 5.00. The van der Waals surface area contributed by atoms with E-state index in [1.54, 1.807) is 0 Å². The number of amides is 2. The van der Waals surface area contributed by atoms with Gasteiger partial charge >= 0.3 is 6.03 Å². The highest BCUT2D eigenvalue weighted by atomic mass is 16.7. The molecule has 2 aliphatic heterocycles. The normalized spacial score (nSPS) is 19.1. The average Bonchev–Trinajstić information content (AvgIpc) is 3.26. The number of carbonyl (C=O) groups is 1. The molecule has 2 N–H and O–H groups in total. The number of hydrogen-bond donors (Lipinski definition) is 2. The molecule has 3 aliphatic rings. The first-order chi connectivity index (χ1) is 17.0. The first-order valence-corrected chi connectivity index (χ1v) is 12.2. The van der Waals surface area contributed by atoms with Crippen molar-refractivity contribution in [3.05, 3.63) is 88.6 Å². The summed E-state index contributed by atoms with van der Waals surface area (Å²) in [6, 6.07) is 20.3. The fourth-order valence-electron chi connectivity index (χ4n) is 6.01. The Morgan fingerprint density at radius 3 is 2.57 bits per heavy atom. The Balaban J connectivity index is 1.37. The molecular weight excluding hydrogens is 438 g/mol. The van der Waals surface area contributed by atoms with Gasteiger partial charge in [0.1, 0.15) is 0 Å². The third-order valence-electron chi connectivity index (χ3n) is 7.62. The van der Waals surface area contributed by atoms with Gasteiger partial charge < -0.3 is 24.7 Å². The molecule has 0 bridgehead atoms. The maximum atomic E-state index is 13.9. The maximum Gasteiger partial charge on any atom is 0.322 e. The zero-order valence-corrected chi connectivity index (χ0v) is 19.9. The summed E-state index contributed by atoms with van der Waals surface area (Å²) in [6.07, 6.45) is 2.17. The van der Waals surface area contributed by atoms with E-state index in [1.807, 2.05) is 29.2 Å². The smallest absolute Gasteiger partial charge is 0.322 e. The van der Waals surface area contributed by atoms with Crippen molar-refractivity contribution in [1.29, 1.82) is 0 Å². The number of benzene rings is 3. The highest BCUT2D eigenvalue weighted by Gasteiger charge is 2.54. The van der Waals surface area contributed by atoms with Crippen molar-refractivity contribution in [2.24, 2.45) is 0 Å². The van der Waals surface area contributed by atoms with Crippen LogP contribution >= 0.6 is 0 Å². The zero-order chi connectivity index (χ0) is 23.7. The molecule has 1 fully saturated rings. The number of aryl methyl sites for hydroxylation is 2. The van der Waals surface area contributed by atoms with Crippen molar-refractivity contribution < 1.29 is 14.3 Å². The molecule has 1 aliphatic carbocycles. The second-order valence-corrected chi connectivity index (χ2v) is 10.2. The molecule has 1 saturated carbocycles. The Kier molecular flexibility index (Phi) is 4.25. The molecule has 6 nitrogen and oxygen atoms in total. The van der Waals surface area contributed by atoms with E-state index in [4.69, 9.17) is 9.47 Å². The predicted molar refractivity (Wildman–Crippen MR) is 135 cm³/mol. The van der Waals surface area contributed by atoms with Crippen LogP contribution in [-0.4, -0.2) is 29.3 Å². The van der Waals surface area contributed by atoms with Gasteiger partial charge in [0, 0.05) is 34.2 Å². The molecule has 1 atom stereocenters. The summed E-state index contributed by atoms with van der Waals surface area (Å²) >= 11 is 0. The first-order valence-electron chi connectivity index (χ1n) is 12.2. The lowest BCUT2D eigenvalue weighted by Gasteiger charge is -2.40. The number of anilines is 1. The van der Waals surface area contributed by atoms with Crippen molar-refractivity contribution in [2.45, 2.75) is 38.1 Å². The maximum absolute atomic E-state index is 13.9. The van der Waals surface area contributed by atoms with Crippen LogP contribution in [0.5, 0.6) is 11.5 Å². The predicted octanol–water partition coefficient (Wildman–Crippen LogP) is 6.18. The highest BCUT2D eigenvalue weighted by Crippen LogP contribution is 2.58. The third-order valence-corrected chi connectivity index (χ3v) is 7.62. The van der Waals surface area contributed by atoms with Crippen LogP contribution < -0.4 is 14.8 Å². The fraction of sp³-hybridized carbons (Fsp3) is 0.276. The molecule has 3 aromatic carbocycles. The number of hydrogen-bond acceptors (Lipinski definition) is 3. The summed E-state index contributed by atoms with van der Waals surface area (Å²) in [5.41, 5.74) is 7.67. The Bertz CT molecular complexity index is 1480. The van der Waals surface area contributed by atoms with Crippen molar-refractivity contribution in [1.82, 2.24) is 9.88 Å². The van der Waals surface area contributed by atoms with E-state index >= 15 is 0 Å². The number of nitrogens with zero attached hydrogens (tertiary/aromatic N) is 1. The fourth-order valence-corrected chi connectivity index (χ4v) is 6.01. The molecule has 6 heteroatoms. The van der Waals surface area contributed by atoms with E-state index in [2.05, 4.69) is 60.5 Å². The van der Waals surface area contributed by atoms with Gasteiger partial charge in [0.05, 0.1) is 6.04 Å². The topological polar surface area (TPSA) is 66.6 Å². The van der Waals surface area contributed by atoms with Gasteiger partial charge in [-0.05, 0) is 79.3 Å². The molecule has 0 radical (unpaired) electrons. The highest BCUT2D eigenvalue weighted by molar-refractivity contribution is 5.93. The Labute approximate surface area is 203 Å². The van der Waals surface area contributed by atoms with E-state index in [1.165, 1.54) is 10.9 Å². The zero-order valence-electron chi connectivity index (χ0n) is 19.9. The molecule has 1 aromatic heterocycles. The number of urea groups is 1. The molecule has 7 rings (SSSR count). The summed E-state index contributed by atoms with van der Waals surface area (Å²) < 4.78 is 11.3. The number of rotatable bonds is 2. The summed E-state index contributed by atoms with van der Waals surface area (Å²) in [4.78, 5) is 19.6. The lowest BCUT2D eigenvalue weighted by molar-refractivity contribution is 0.173. The molecule has 2 amide bonds. The number of aromatic nitrogens is 1. The molecular formula is C29H27N3O3. The monoisotopic (exact) mass is 465 g/mol. The molecule has 1 spiro atoms. The van der Waals surface area contributed by atoms with Crippen LogP contribution in [0.3, 0.4) is 0 Å². The van der Waals surface area contributed by atoms with E-state index in [0.717, 1.165) is 57.9 Å². The van der Waals surface area contributed by atoms with Crippen LogP contribution in [0.25, 0.3) is 10.9 Å². The lowest BCUT2D eigenvalue weighted by atomic mass is 9.83. The van der Waals surface area contributed by atoms with Gasteiger partial charge in [-0.3, -0.25) is 0 Å². The van der Waals surface area contributed by atoms with Crippen LogP contribution in [0.15, 0.2) is 60.7 Å². The number of H-pyrrole nitrogens is 1. The van der Waals surface area contributed by atoms with Gasteiger partial charge in [-0.25, -0.2) is 4.79 Å². The number of nitrogens with one attached hydrogen (secondary N) is 2. The van der Waals surface area contributed by atoms with Crippen molar-refractivity contribution >= 4 is 22.6 Å². The molecule has 3 heterocycles. The first kappa shape index (κ1) is 20.4. The lowest BCUT2D eigenvalue weighted by Crippen LogP contribution is -2.47. The van der Waals surface area contributed by atoms with E-state index < -0.39 is 0 Å². The van der Waals surface area contributed by atoms with Crippen LogP contribution in [0.4, 0.5) is 10.5 Å². The number of para-hydroxylation sites is 1. The minimum Gasteiger partial charge on any atom is -0.454 e. The van der Waals surface area contributed by atoms with Gasteiger partial charge in [-0.15, -0.1) is 0 Å². The van der Waals surface area contributed by atoms with Crippen molar-refractivity contribution in [3.63, 3.8) is 0 Å². The SMILES string of the molecule is Cc1cc(C)cc(NC(=O)N2CC3(CC3)c3c([nH]c4ccccc34)C2c2ccc3c(c2)OCO3)c1. The number of fused-ring (bicyclic) bond motifs is 5. The quantitative estimate of drug-likeness (QED) is 0.371. The van der Waals surface area contributed by atoms with E-state index in [9.17, 15) is 4.79 Å². The molecule has 4 aromatic rings. The van der Waals surface area contributed by atoms with Crippen molar-refractivity contribution in [2.75, 3.05) is 18.7 Å². The second kappa shape index (κ2) is 7.28. The molecule has 35 heavy (non-hydrogen) atoms. The summed E-state index contributed by atoms with van der Waals surface area (Å²) in [5.74, 6) is 1.47. The average molecular weight is 466 g/mol. The van der Waals surface area contributed by atoms with Gasteiger partial charge in [0.15, 0.2) is 11.5 Å². The van der Waals surface area contributed by atoms with Gasteiger partial charge in [0.2, 0.25) is 6.79 Å². The van der Waals surface area contributed by atoms with E-state index in [0.29, 0.717) is 6.54 Å². The van der Waals surface area contributed by atoms with Gasteiger partial charge in [-0.1, -0.05) is 30.3 Å². The Morgan fingerprint density at radius 2 is 1.77 bits per heavy atom. The molecule has 176 valence electrons.